The lowest BCUT2D eigenvalue weighted by molar-refractivity contribution is 0.0531. The first-order valence-corrected chi connectivity index (χ1v) is 14.0. The molecule has 7 aromatic carbocycles. The molecule has 0 radical (unpaired) electrons. The zero-order valence-corrected chi connectivity index (χ0v) is 22.8. The second-order valence-corrected chi connectivity index (χ2v) is 10.2. The summed E-state index contributed by atoms with van der Waals surface area (Å²) >= 11 is 0. The Bertz CT molecular complexity index is 2040. The lowest BCUT2D eigenvalue weighted by atomic mass is 9.79. The molecule has 0 aliphatic heterocycles. The van der Waals surface area contributed by atoms with E-state index >= 15 is 0 Å². The number of fused-ring (bicyclic) bond motifs is 4. The summed E-state index contributed by atoms with van der Waals surface area (Å²) in [5, 5.41) is 6.16. The van der Waals surface area contributed by atoms with Crippen molar-refractivity contribution in [2.75, 3.05) is 6.61 Å². The molecule has 0 saturated heterocycles. The summed E-state index contributed by atoms with van der Waals surface area (Å²) in [5.74, 6) is -0.306. The van der Waals surface area contributed by atoms with Crippen LogP contribution in [-0.4, -0.2) is 12.6 Å². The van der Waals surface area contributed by atoms with Gasteiger partial charge >= 0.3 is 5.97 Å². The third-order valence-corrected chi connectivity index (χ3v) is 7.85. The van der Waals surface area contributed by atoms with Crippen molar-refractivity contribution in [2.24, 2.45) is 0 Å². The quantitative estimate of drug-likeness (QED) is 0.126. The number of benzene rings is 7. The maximum atomic E-state index is 14.1. The zero-order valence-electron chi connectivity index (χ0n) is 22.8. The first kappa shape index (κ1) is 24.8. The van der Waals surface area contributed by atoms with Crippen LogP contribution in [0.15, 0.2) is 140 Å². The second kappa shape index (κ2) is 10.4. The number of carbonyl (C=O) groups excluding carboxylic acids is 1. The van der Waals surface area contributed by atoms with Gasteiger partial charge in [0.25, 0.3) is 0 Å². The van der Waals surface area contributed by atoms with Crippen molar-refractivity contribution in [3.63, 3.8) is 0 Å². The van der Waals surface area contributed by atoms with Gasteiger partial charge in [-0.15, -0.1) is 0 Å². The van der Waals surface area contributed by atoms with Crippen molar-refractivity contribution in [3.05, 3.63) is 145 Å². The highest BCUT2D eigenvalue weighted by atomic mass is 16.5. The largest absolute Gasteiger partial charge is 0.462 e. The van der Waals surface area contributed by atoms with Crippen LogP contribution in [0.25, 0.3) is 65.7 Å². The normalized spacial score (nSPS) is 11.2. The number of ether oxygens (including phenoxy) is 1. The highest BCUT2D eigenvalue weighted by molar-refractivity contribution is 6.34. The fourth-order valence-electron chi connectivity index (χ4n) is 6.25. The van der Waals surface area contributed by atoms with E-state index in [9.17, 15) is 4.79 Å². The molecule has 0 heterocycles. The summed E-state index contributed by atoms with van der Waals surface area (Å²) in [6.07, 6.45) is 0. The number of hydrogen-bond donors (Lipinski definition) is 0. The smallest absolute Gasteiger partial charge is 0.339 e. The van der Waals surface area contributed by atoms with E-state index in [-0.39, 0.29) is 5.97 Å². The van der Waals surface area contributed by atoms with Gasteiger partial charge in [-0.1, -0.05) is 140 Å². The second-order valence-electron chi connectivity index (χ2n) is 10.2. The predicted molar refractivity (Wildman–Crippen MR) is 171 cm³/mol. The molecule has 0 unspecified atom stereocenters. The van der Waals surface area contributed by atoms with Crippen LogP contribution in [0, 0.1) is 0 Å². The van der Waals surface area contributed by atoms with Crippen LogP contribution in [0.5, 0.6) is 0 Å². The molecule has 196 valence electrons. The van der Waals surface area contributed by atoms with Crippen LogP contribution >= 0.6 is 0 Å². The highest BCUT2D eigenvalue weighted by Crippen LogP contribution is 2.51. The van der Waals surface area contributed by atoms with Gasteiger partial charge in [0.1, 0.15) is 0 Å². The summed E-state index contributed by atoms with van der Waals surface area (Å²) in [6.45, 7) is 2.17. The number of esters is 1. The number of carbonyl (C=O) groups is 1. The van der Waals surface area contributed by atoms with E-state index in [2.05, 4.69) is 109 Å². The van der Waals surface area contributed by atoms with Gasteiger partial charge < -0.3 is 4.74 Å². The Labute approximate surface area is 239 Å². The Morgan fingerprint density at radius 1 is 0.463 bits per heavy atom. The van der Waals surface area contributed by atoms with Gasteiger partial charge in [0.15, 0.2) is 0 Å². The molecule has 2 heteroatoms. The Balaban J connectivity index is 1.86. The minimum atomic E-state index is -0.306. The van der Waals surface area contributed by atoms with Gasteiger partial charge in [-0.2, -0.15) is 0 Å². The molecule has 7 rings (SSSR count). The lowest BCUT2D eigenvalue weighted by Gasteiger charge is -2.24. The predicted octanol–water partition coefficient (Wildman–Crippen LogP) is 10.3. The summed E-state index contributed by atoms with van der Waals surface area (Å²) in [6, 6.07) is 48.3. The van der Waals surface area contributed by atoms with Crippen molar-refractivity contribution in [1.29, 1.82) is 0 Å². The zero-order chi connectivity index (χ0) is 27.8. The van der Waals surface area contributed by atoms with Crippen LogP contribution in [-0.2, 0) is 4.74 Å². The van der Waals surface area contributed by atoms with Gasteiger partial charge in [0, 0.05) is 5.39 Å². The molecule has 0 aliphatic carbocycles. The van der Waals surface area contributed by atoms with Crippen molar-refractivity contribution in [1.82, 2.24) is 0 Å². The summed E-state index contributed by atoms with van der Waals surface area (Å²) in [7, 11) is 0. The Morgan fingerprint density at radius 3 is 1.41 bits per heavy atom. The number of rotatable bonds is 5. The Hall–Kier alpha value is -5.21. The van der Waals surface area contributed by atoms with Gasteiger partial charge in [-0.05, 0) is 67.2 Å². The minimum absolute atomic E-state index is 0.300. The lowest BCUT2D eigenvalue weighted by Crippen LogP contribution is -2.08. The SMILES string of the molecule is CCOC(=O)c1c2ccccc2c(-c2ccccc2)c2c1c(-c1ccccc1)c(-c1ccccc1)c1ccccc12. The molecule has 0 bridgehead atoms. The molecule has 0 aliphatic rings. The van der Waals surface area contributed by atoms with E-state index in [0.29, 0.717) is 12.2 Å². The van der Waals surface area contributed by atoms with E-state index < -0.39 is 0 Å². The van der Waals surface area contributed by atoms with E-state index in [1.807, 2.05) is 37.3 Å². The van der Waals surface area contributed by atoms with Gasteiger partial charge in [-0.25, -0.2) is 4.79 Å². The van der Waals surface area contributed by atoms with Crippen LogP contribution < -0.4 is 0 Å². The molecular formula is C39H28O2. The minimum Gasteiger partial charge on any atom is -0.462 e. The molecule has 0 saturated carbocycles. The average Bonchev–Trinajstić information content (AvgIpc) is 3.04. The molecule has 0 fully saturated rings. The maximum absolute atomic E-state index is 14.1. The van der Waals surface area contributed by atoms with E-state index in [1.165, 1.54) is 0 Å². The summed E-state index contributed by atoms with van der Waals surface area (Å²) in [4.78, 5) is 14.1. The van der Waals surface area contributed by atoms with Gasteiger partial charge in [-0.3, -0.25) is 0 Å². The van der Waals surface area contributed by atoms with Crippen molar-refractivity contribution in [2.45, 2.75) is 6.92 Å². The average molecular weight is 529 g/mol. The topological polar surface area (TPSA) is 26.3 Å². The molecule has 0 spiro atoms. The molecular weight excluding hydrogens is 500 g/mol. The standard InChI is InChI=1S/C39H28O2/c1-2-41-39(40)37-32-25-15-13-23-30(32)34(27-18-8-4-9-19-27)36-31-24-14-12-22-29(31)33(26-16-6-3-7-17-26)35(38(36)37)28-20-10-5-11-21-28/h3-25H,2H2,1H3. The van der Waals surface area contributed by atoms with Crippen molar-refractivity contribution < 1.29 is 9.53 Å². The Kier molecular flexibility index (Phi) is 6.29. The highest BCUT2D eigenvalue weighted by Gasteiger charge is 2.27. The third kappa shape index (κ3) is 4.08. The van der Waals surface area contributed by atoms with Crippen LogP contribution in [0.2, 0.25) is 0 Å². The van der Waals surface area contributed by atoms with Crippen LogP contribution in [0.3, 0.4) is 0 Å². The van der Waals surface area contributed by atoms with Crippen LogP contribution in [0.4, 0.5) is 0 Å². The number of hydrogen-bond acceptors (Lipinski definition) is 2. The first-order chi connectivity index (χ1) is 20.3. The molecule has 2 nitrogen and oxygen atoms in total. The van der Waals surface area contributed by atoms with Crippen molar-refractivity contribution >= 4 is 38.3 Å². The fourth-order valence-corrected chi connectivity index (χ4v) is 6.25. The van der Waals surface area contributed by atoms with Crippen LogP contribution in [0.1, 0.15) is 17.3 Å². The summed E-state index contributed by atoms with van der Waals surface area (Å²) in [5.41, 5.74) is 7.16. The monoisotopic (exact) mass is 528 g/mol. The molecule has 0 atom stereocenters. The van der Waals surface area contributed by atoms with E-state index in [0.717, 1.165) is 65.7 Å². The van der Waals surface area contributed by atoms with Gasteiger partial charge in [0.05, 0.1) is 12.2 Å². The Morgan fingerprint density at radius 2 is 0.878 bits per heavy atom. The molecule has 0 amide bonds. The van der Waals surface area contributed by atoms with Gasteiger partial charge in [0.2, 0.25) is 0 Å². The maximum Gasteiger partial charge on any atom is 0.339 e. The van der Waals surface area contributed by atoms with Crippen molar-refractivity contribution in [3.8, 4) is 33.4 Å². The third-order valence-electron chi connectivity index (χ3n) is 7.85. The molecule has 41 heavy (non-hydrogen) atoms. The molecule has 0 N–H and O–H groups in total. The molecule has 0 aromatic heterocycles. The fraction of sp³-hybridized carbons (Fsp3) is 0.0513. The summed E-state index contributed by atoms with van der Waals surface area (Å²) < 4.78 is 5.80. The first-order valence-electron chi connectivity index (χ1n) is 14.0. The van der Waals surface area contributed by atoms with E-state index in [4.69, 9.17) is 4.74 Å². The molecule has 7 aromatic rings. The van der Waals surface area contributed by atoms with E-state index in [1.54, 1.807) is 0 Å².